The van der Waals surface area contributed by atoms with Gasteiger partial charge in [0.1, 0.15) is 5.82 Å². The molecule has 0 unspecified atom stereocenters. The lowest BCUT2D eigenvalue weighted by atomic mass is 9.97. The van der Waals surface area contributed by atoms with Crippen molar-refractivity contribution in [2.45, 2.75) is 0 Å². The summed E-state index contributed by atoms with van der Waals surface area (Å²) in [5.41, 5.74) is 12.4. The van der Waals surface area contributed by atoms with Crippen LogP contribution in [-0.2, 0) is 0 Å². The van der Waals surface area contributed by atoms with Gasteiger partial charge in [0.15, 0.2) is 0 Å². The number of benzene rings is 7. The van der Waals surface area contributed by atoms with E-state index in [9.17, 15) is 0 Å². The summed E-state index contributed by atoms with van der Waals surface area (Å²) in [5.74, 6) is 0.873. The normalized spacial score (nSPS) is 11.7. The lowest BCUT2D eigenvalue weighted by Crippen LogP contribution is -1.98. The van der Waals surface area contributed by atoms with Crippen molar-refractivity contribution < 1.29 is 0 Å². The summed E-state index contributed by atoms with van der Waals surface area (Å²) in [6.07, 6.45) is 3.67. The summed E-state index contributed by atoms with van der Waals surface area (Å²) < 4.78 is 4.73. The number of para-hydroxylation sites is 1. The Morgan fingerprint density at radius 1 is 0.352 bits per heavy atom. The minimum absolute atomic E-state index is 0.873. The van der Waals surface area contributed by atoms with Crippen LogP contribution in [0.3, 0.4) is 0 Å². The van der Waals surface area contributed by atoms with Crippen LogP contribution in [0.4, 0.5) is 0 Å². The number of rotatable bonds is 5. The molecule has 0 fully saturated rings. The van der Waals surface area contributed by atoms with Crippen molar-refractivity contribution in [3.63, 3.8) is 0 Å². The Morgan fingerprint density at radius 2 is 0.889 bits per heavy atom. The van der Waals surface area contributed by atoms with Crippen LogP contribution in [0.1, 0.15) is 0 Å². The maximum atomic E-state index is 5.23. The molecule has 0 N–H and O–H groups in total. The van der Waals surface area contributed by atoms with Crippen LogP contribution in [0.25, 0.3) is 99.4 Å². The second-order valence-electron chi connectivity index (χ2n) is 13.8. The van der Waals surface area contributed by atoms with Gasteiger partial charge in [0.05, 0.1) is 27.8 Å². The van der Waals surface area contributed by atoms with Crippen molar-refractivity contribution in [1.82, 2.24) is 19.1 Å². The molecule has 0 aliphatic rings. The van der Waals surface area contributed by atoms with Crippen LogP contribution >= 0.6 is 0 Å². The van der Waals surface area contributed by atoms with Crippen LogP contribution in [0.2, 0.25) is 0 Å². The molecule has 4 heterocycles. The van der Waals surface area contributed by atoms with Gasteiger partial charge in [-0.2, -0.15) is 0 Å². The smallest absolute Gasteiger partial charge is 0.138 e. The minimum Gasteiger partial charge on any atom is -0.309 e. The number of aromatic nitrogens is 4. The molecule has 0 radical (unpaired) electrons. The SMILES string of the molecule is c1ccc(-c2ccc3c(c2)c2c4ccc5c(c4ccc2n3-c2ccccc2)c2cc(-c3ccccc3)ccc2n5-c2cccc(-c3cccnc3)n2)cc1. The molecule has 11 rings (SSSR count). The maximum Gasteiger partial charge on any atom is 0.138 e. The van der Waals surface area contributed by atoms with Gasteiger partial charge in [0.2, 0.25) is 0 Å². The lowest BCUT2D eigenvalue weighted by Gasteiger charge is -2.10. The van der Waals surface area contributed by atoms with E-state index in [-0.39, 0.29) is 0 Å². The first-order valence-electron chi connectivity index (χ1n) is 18.3. The predicted molar refractivity (Wildman–Crippen MR) is 225 cm³/mol. The highest BCUT2D eigenvalue weighted by Gasteiger charge is 2.21. The van der Waals surface area contributed by atoms with E-state index < -0.39 is 0 Å². The van der Waals surface area contributed by atoms with Gasteiger partial charge in [-0.05, 0) is 106 Å². The Labute approximate surface area is 311 Å². The van der Waals surface area contributed by atoms with Crippen LogP contribution in [0.15, 0.2) is 194 Å². The Kier molecular flexibility index (Phi) is 6.82. The molecule has 4 aromatic heterocycles. The van der Waals surface area contributed by atoms with E-state index in [0.29, 0.717) is 0 Å². The summed E-state index contributed by atoms with van der Waals surface area (Å²) >= 11 is 0. The molecule has 54 heavy (non-hydrogen) atoms. The van der Waals surface area contributed by atoms with Crippen LogP contribution < -0.4 is 0 Å². The van der Waals surface area contributed by atoms with Gasteiger partial charge in [0, 0.05) is 45.2 Å². The minimum atomic E-state index is 0.873. The van der Waals surface area contributed by atoms with Gasteiger partial charge in [-0.25, -0.2) is 4.98 Å². The Balaban J connectivity index is 1.25. The third kappa shape index (κ3) is 4.70. The third-order valence-electron chi connectivity index (χ3n) is 10.8. The molecule has 4 nitrogen and oxygen atoms in total. The molecule has 7 aromatic carbocycles. The summed E-state index contributed by atoms with van der Waals surface area (Å²) in [4.78, 5) is 9.60. The first kappa shape index (κ1) is 30.3. The fourth-order valence-corrected chi connectivity index (χ4v) is 8.39. The van der Waals surface area contributed by atoms with Crippen molar-refractivity contribution in [2.75, 3.05) is 0 Å². The molecule has 0 saturated carbocycles. The summed E-state index contributed by atoms with van der Waals surface area (Å²) in [5, 5.41) is 7.35. The Morgan fingerprint density at radius 3 is 1.48 bits per heavy atom. The average Bonchev–Trinajstić information content (AvgIpc) is 3.77. The van der Waals surface area contributed by atoms with Gasteiger partial charge in [0.25, 0.3) is 0 Å². The molecular formula is C50H32N4. The molecule has 252 valence electrons. The van der Waals surface area contributed by atoms with Crippen LogP contribution in [0.5, 0.6) is 0 Å². The van der Waals surface area contributed by atoms with Gasteiger partial charge in [-0.15, -0.1) is 0 Å². The van der Waals surface area contributed by atoms with Gasteiger partial charge in [-0.3, -0.25) is 9.55 Å². The monoisotopic (exact) mass is 688 g/mol. The molecule has 11 aromatic rings. The van der Waals surface area contributed by atoms with E-state index >= 15 is 0 Å². The van der Waals surface area contributed by atoms with E-state index in [1.165, 1.54) is 65.6 Å². The Bertz CT molecular complexity index is 3180. The number of pyridine rings is 2. The van der Waals surface area contributed by atoms with E-state index in [1.807, 2.05) is 12.3 Å². The van der Waals surface area contributed by atoms with Crippen LogP contribution in [-0.4, -0.2) is 19.1 Å². The molecular weight excluding hydrogens is 657 g/mol. The fraction of sp³-hybridized carbons (Fsp3) is 0. The Hall–Kier alpha value is -7.30. The number of fused-ring (bicyclic) bond motifs is 9. The van der Waals surface area contributed by atoms with Crippen molar-refractivity contribution in [3.05, 3.63) is 194 Å². The zero-order chi connectivity index (χ0) is 35.6. The highest BCUT2D eigenvalue weighted by Crippen LogP contribution is 2.44. The molecule has 0 saturated heterocycles. The first-order valence-corrected chi connectivity index (χ1v) is 18.3. The standard InChI is InChI=1S/C50H32N4/c1-4-12-33(13-5-1)35-21-25-44-41(30-35)49-39-24-28-47-50(40(39)23-27-46(49)53(44)38-17-8-3-9-18-38)42-31-36(34-14-6-2-7-15-34)22-26-45(42)54(47)48-20-10-19-43(52-48)37-16-11-29-51-32-37/h1-32H. The van der Waals surface area contributed by atoms with E-state index in [4.69, 9.17) is 4.98 Å². The second kappa shape index (κ2) is 12.1. The van der Waals surface area contributed by atoms with E-state index in [1.54, 1.807) is 6.20 Å². The molecule has 0 bridgehead atoms. The molecule has 0 amide bonds. The van der Waals surface area contributed by atoms with Crippen molar-refractivity contribution >= 4 is 54.4 Å². The zero-order valence-corrected chi connectivity index (χ0v) is 29.3. The van der Waals surface area contributed by atoms with Crippen molar-refractivity contribution in [1.29, 1.82) is 0 Å². The summed E-state index contributed by atoms with van der Waals surface area (Å²) in [6.45, 7) is 0. The summed E-state index contributed by atoms with van der Waals surface area (Å²) in [6, 6.07) is 65.3. The topological polar surface area (TPSA) is 35.6 Å². The average molecular weight is 689 g/mol. The van der Waals surface area contributed by atoms with Crippen molar-refractivity contribution in [2.24, 2.45) is 0 Å². The quantitative estimate of drug-likeness (QED) is 0.180. The lowest BCUT2D eigenvalue weighted by molar-refractivity contribution is 1.08. The number of hydrogen-bond donors (Lipinski definition) is 0. The highest BCUT2D eigenvalue weighted by molar-refractivity contribution is 6.30. The highest BCUT2D eigenvalue weighted by atomic mass is 15.1. The predicted octanol–water partition coefficient (Wildman–Crippen LogP) is 12.8. The van der Waals surface area contributed by atoms with Gasteiger partial charge >= 0.3 is 0 Å². The van der Waals surface area contributed by atoms with E-state index in [2.05, 4.69) is 190 Å². The van der Waals surface area contributed by atoms with Crippen LogP contribution in [0, 0.1) is 0 Å². The number of nitrogens with zero attached hydrogens (tertiary/aromatic N) is 4. The fourth-order valence-electron chi connectivity index (χ4n) is 8.39. The summed E-state index contributed by atoms with van der Waals surface area (Å²) in [7, 11) is 0. The first-order chi connectivity index (χ1) is 26.8. The largest absolute Gasteiger partial charge is 0.309 e. The maximum absolute atomic E-state index is 5.23. The zero-order valence-electron chi connectivity index (χ0n) is 29.3. The molecule has 0 spiro atoms. The molecule has 0 aliphatic heterocycles. The number of hydrogen-bond acceptors (Lipinski definition) is 2. The molecule has 0 atom stereocenters. The molecule has 4 heteroatoms. The van der Waals surface area contributed by atoms with Gasteiger partial charge < -0.3 is 4.57 Å². The third-order valence-corrected chi connectivity index (χ3v) is 10.8. The molecule has 0 aliphatic carbocycles. The van der Waals surface area contributed by atoms with Gasteiger partial charge in [-0.1, -0.05) is 109 Å². The van der Waals surface area contributed by atoms with E-state index in [0.717, 1.165) is 33.8 Å². The van der Waals surface area contributed by atoms with Crippen molar-refractivity contribution in [3.8, 4) is 45.0 Å². The second-order valence-corrected chi connectivity index (χ2v) is 13.8.